The number of aryl methyl sites for hydroxylation is 2. The van der Waals surface area contributed by atoms with E-state index in [0.29, 0.717) is 54.8 Å². The molecule has 1 aromatic heterocycles. The van der Waals surface area contributed by atoms with E-state index in [4.69, 9.17) is 14.2 Å². The Kier molecular flexibility index (Phi) is 6.62. The van der Waals surface area contributed by atoms with Crippen molar-refractivity contribution in [1.82, 2.24) is 15.1 Å². The van der Waals surface area contributed by atoms with Crippen molar-refractivity contribution in [2.75, 3.05) is 26.4 Å². The standard InChI is InChI=1S/C28H33N3O5/c1-5-34-21-10-9-18(14-22(21)35-6-2)27-24-25(23-17(4)12-16(3)13-20(23)32)29-30-26(24)28(33)31(27)15-19-8-7-11-36-19/h9-10,12-14,19,27,32H,5-8,11,15H2,1-4H3,(H,29,30)/t19-,27-/m1/s1. The second-order valence-electron chi connectivity index (χ2n) is 9.40. The molecule has 8 heteroatoms. The first-order valence-electron chi connectivity index (χ1n) is 12.6. The highest BCUT2D eigenvalue weighted by Gasteiger charge is 2.44. The van der Waals surface area contributed by atoms with Gasteiger partial charge in [0.15, 0.2) is 11.5 Å². The van der Waals surface area contributed by atoms with Crippen LogP contribution in [0.3, 0.4) is 0 Å². The maximum atomic E-state index is 13.7. The molecule has 1 amide bonds. The highest BCUT2D eigenvalue weighted by Crippen LogP contribution is 2.47. The first-order chi connectivity index (χ1) is 17.4. The third-order valence-corrected chi connectivity index (χ3v) is 6.87. The van der Waals surface area contributed by atoms with Gasteiger partial charge in [-0.3, -0.25) is 9.89 Å². The number of aromatic hydroxyl groups is 1. The van der Waals surface area contributed by atoms with E-state index in [1.54, 1.807) is 6.07 Å². The SMILES string of the molecule is CCOc1ccc([C@@H]2c3c(-c4c(C)cc(C)cc4O)n[nH]c3C(=O)N2C[C@H]2CCCO2)cc1OCC. The van der Waals surface area contributed by atoms with Crippen LogP contribution in [0.5, 0.6) is 17.2 Å². The highest BCUT2D eigenvalue weighted by molar-refractivity contribution is 6.00. The van der Waals surface area contributed by atoms with Crippen LogP contribution in [-0.2, 0) is 4.74 Å². The van der Waals surface area contributed by atoms with Gasteiger partial charge in [-0.05, 0) is 75.4 Å². The summed E-state index contributed by atoms with van der Waals surface area (Å²) in [6.45, 7) is 9.95. The summed E-state index contributed by atoms with van der Waals surface area (Å²) in [6, 6.07) is 9.13. The Labute approximate surface area is 211 Å². The van der Waals surface area contributed by atoms with Gasteiger partial charge in [0.1, 0.15) is 17.1 Å². The van der Waals surface area contributed by atoms with Crippen molar-refractivity contribution in [1.29, 1.82) is 0 Å². The van der Waals surface area contributed by atoms with E-state index in [1.807, 2.05) is 56.9 Å². The number of hydrogen-bond donors (Lipinski definition) is 2. The Morgan fingerprint density at radius 2 is 1.92 bits per heavy atom. The molecule has 8 nitrogen and oxygen atoms in total. The smallest absolute Gasteiger partial charge is 0.273 e. The van der Waals surface area contributed by atoms with Crippen LogP contribution in [0.25, 0.3) is 11.3 Å². The maximum Gasteiger partial charge on any atom is 0.273 e. The largest absolute Gasteiger partial charge is 0.507 e. The van der Waals surface area contributed by atoms with Crippen LogP contribution in [0.15, 0.2) is 30.3 Å². The summed E-state index contributed by atoms with van der Waals surface area (Å²) in [6.07, 6.45) is 1.89. The molecule has 0 saturated carbocycles. The van der Waals surface area contributed by atoms with Crippen molar-refractivity contribution >= 4 is 5.91 Å². The summed E-state index contributed by atoms with van der Waals surface area (Å²) in [5, 5.41) is 18.4. The van der Waals surface area contributed by atoms with Gasteiger partial charge in [-0.2, -0.15) is 5.10 Å². The molecule has 0 radical (unpaired) electrons. The van der Waals surface area contributed by atoms with Crippen molar-refractivity contribution in [3.63, 3.8) is 0 Å². The molecule has 0 unspecified atom stereocenters. The second-order valence-corrected chi connectivity index (χ2v) is 9.40. The van der Waals surface area contributed by atoms with Gasteiger partial charge in [-0.1, -0.05) is 12.1 Å². The molecule has 2 aliphatic rings. The van der Waals surface area contributed by atoms with Crippen LogP contribution in [0.4, 0.5) is 0 Å². The molecule has 0 aliphatic carbocycles. The number of hydrogen-bond acceptors (Lipinski definition) is 6. The number of phenolic OH excluding ortho intramolecular Hbond substituents is 1. The van der Waals surface area contributed by atoms with Crippen molar-refractivity contribution in [3.05, 3.63) is 58.3 Å². The molecular weight excluding hydrogens is 458 g/mol. The van der Waals surface area contributed by atoms with Crippen LogP contribution in [0.2, 0.25) is 0 Å². The lowest BCUT2D eigenvalue weighted by Gasteiger charge is -2.29. The third-order valence-electron chi connectivity index (χ3n) is 6.87. The number of rotatable bonds is 8. The molecule has 3 heterocycles. The first kappa shape index (κ1) is 24.2. The fraction of sp³-hybridized carbons (Fsp3) is 0.429. The van der Waals surface area contributed by atoms with Gasteiger partial charge in [0, 0.05) is 24.3 Å². The monoisotopic (exact) mass is 491 g/mol. The number of aromatic nitrogens is 2. The molecule has 5 rings (SSSR count). The van der Waals surface area contributed by atoms with Crippen molar-refractivity contribution in [2.45, 2.75) is 52.7 Å². The number of aromatic amines is 1. The van der Waals surface area contributed by atoms with Gasteiger partial charge in [0.25, 0.3) is 5.91 Å². The summed E-state index contributed by atoms with van der Waals surface area (Å²) in [5.74, 6) is 1.32. The summed E-state index contributed by atoms with van der Waals surface area (Å²) in [4.78, 5) is 15.6. The zero-order valence-corrected chi connectivity index (χ0v) is 21.3. The Hall–Kier alpha value is -3.52. The van der Waals surface area contributed by atoms with Crippen molar-refractivity contribution < 1.29 is 24.1 Å². The fourth-order valence-corrected chi connectivity index (χ4v) is 5.42. The molecule has 0 bridgehead atoms. The normalized spacial score (nSPS) is 19.1. The minimum absolute atomic E-state index is 0.0135. The van der Waals surface area contributed by atoms with Gasteiger partial charge in [0.05, 0.1) is 25.4 Å². The fourth-order valence-electron chi connectivity index (χ4n) is 5.42. The van der Waals surface area contributed by atoms with Crippen LogP contribution in [-0.4, -0.2) is 58.6 Å². The third kappa shape index (κ3) is 4.19. The summed E-state index contributed by atoms with van der Waals surface area (Å²) >= 11 is 0. The Morgan fingerprint density at radius 3 is 2.61 bits per heavy atom. The van der Waals surface area contributed by atoms with E-state index in [1.165, 1.54) is 0 Å². The molecule has 2 aromatic carbocycles. The molecule has 1 fully saturated rings. The van der Waals surface area contributed by atoms with Crippen LogP contribution in [0, 0.1) is 13.8 Å². The lowest BCUT2D eigenvalue weighted by molar-refractivity contribution is 0.0495. The van der Waals surface area contributed by atoms with E-state index in [-0.39, 0.29) is 17.8 Å². The molecule has 1 saturated heterocycles. The molecular formula is C28H33N3O5. The number of carbonyl (C=O) groups excluding carboxylic acids is 1. The van der Waals surface area contributed by atoms with Crippen molar-refractivity contribution in [2.24, 2.45) is 0 Å². The summed E-state index contributed by atoms with van der Waals surface area (Å²) < 4.78 is 17.6. The average molecular weight is 492 g/mol. The Bertz CT molecular complexity index is 1260. The van der Waals surface area contributed by atoms with Gasteiger partial charge in [-0.15, -0.1) is 0 Å². The van der Waals surface area contributed by atoms with Gasteiger partial charge >= 0.3 is 0 Å². The predicted octanol–water partition coefficient (Wildman–Crippen LogP) is 4.92. The number of benzene rings is 2. The number of H-pyrrole nitrogens is 1. The Balaban J connectivity index is 1.66. The summed E-state index contributed by atoms with van der Waals surface area (Å²) in [7, 11) is 0. The average Bonchev–Trinajstić information content (AvgIpc) is 3.55. The topological polar surface area (TPSA) is 96.9 Å². The van der Waals surface area contributed by atoms with Gasteiger partial charge in [0.2, 0.25) is 0 Å². The number of amides is 1. The van der Waals surface area contributed by atoms with E-state index in [9.17, 15) is 9.90 Å². The Morgan fingerprint density at radius 1 is 1.14 bits per heavy atom. The minimum Gasteiger partial charge on any atom is -0.507 e. The molecule has 2 aliphatic heterocycles. The number of nitrogens with one attached hydrogen (secondary N) is 1. The quantitative estimate of drug-likeness (QED) is 0.464. The lowest BCUT2D eigenvalue weighted by Crippen LogP contribution is -2.36. The molecule has 2 atom stereocenters. The van der Waals surface area contributed by atoms with E-state index in [0.717, 1.165) is 35.1 Å². The second kappa shape index (κ2) is 9.85. The first-order valence-corrected chi connectivity index (χ1v) is 12.6. The number of ether oxygens (including phenoxy) is 3. The number of carbonyl (C=O) groups is 1. The van der Waals surface area contributed by atoms with Gasteiger partial charge in [-0.25, -0.2) is 0 Å². The highest BCUT2D eigenvalue weighted by atomic mass is 16.5. The minimum atomic E-state index is -0.416. The van der Waals surface area contributed by atoms with E-state index < -0.39 is 6.04 Å². The number of fused-ring (bicyclic) bond motifs is 1. The lowest BCUT2D eigenvalue weighted by atomic mass is 9.93. The zero-order valence-electron chi connectivity index (χ0n) is 21.3. The maximum absolute atomic E-state index is 13.7. The molecule has 2 N–H and O–H groups in total. The molecule has 190 valence electrons. The van der Waals surface area contributed by atoms with Crippen molar-refractivity contribution in [3.8, 4) is 28.5 Å². The predicted molar refractivity (Wildman–Crippen MR) is 136 cm³/mol. The number of nitrogens with zero attached hydrogens (tertiary/aromatic N) is 2. The van der Waals surface area contributed by atoms with Crippen LogP contribution >= 0.6 is 0 Å². The zero-order chi connectivity index (χ0) is 25.4. The van der Waals surface area contributed by atoms with Crippen LogP contribution in [0.1, 0.15) is 65.5 Å². The molecule has 3 aromatic rings. The molecule has 36 heavy (non-hydrogen) atoms. The number of phenols is 1. The van der Waals surface area contributed by atoms with Gasteiger partial charge < -0.3 is 24.2 Å². The summed E-state index contributed by atoms with van der Waals surface area (Å²) in [5.41, 5.74) is 5.16. The van der Waals surface area contributed by atoms with E-state index >= 15 is 0 Å². The molecule has 0 spiro atoms. The van der Waals surface area contributed by atoms with E-state index in [2.05, 4.69) is 10.2 Å². The van der Waals surface area contributed by atoms with Crippen LogP contribution < -0.4 is 9.47 Å².